The van der Waals surface area contributed by atoms with Gasteiger partial charge >= 0.3 is 6.18 Å². The topological polar surface area (TPSA) is 270 Å². The molecule has 0 unspecified atom stereocenters. The molecular weight excluding hydrogens is 1320 g/mol. The molecule has 0 aromatic heterocycles. The Morgan fingerprint density at radius 2 is 1.26 bits per heavy atom. The van der Waals surface area contributed by atoms with E-state index in [0.29, 0.717) is 82.9 Å². The number of likely N-dealkylation sites (N-methyl/N-ethyl adjacent to an activating group) is 6. The molecule has 4 saturated heterocycles. The minimum absolute atomic E-state index is 0.0425. The molecule has 3 aliphatic carbocycles. The normalized spacial score (nSPS) is 28.5. The van der Waals surface area contributed by atoms with E-state index < -0.39 is 166 Å². The predicted molar refractivity (Wildman–Crippen MR) is 367 cm³/mol. The Labute approximate surface area is 592 Å². The van der Waals surface area contributed by atoms with Gasteiger partial charge in [0.15, 0.2) is 0 Å². The van der Waals surface area contributed by atoms with Gasteiger partial charge < -0.3 is 60.0 Å². The van der Waals surface area contributed by atoms with E-state index in [-0.39, 0.29) is 82.3 Å². The smallest absolute Gasteiger partial charge is 0.343 e. The fourth-order valence-electron chi connectivity index (χ4n) is 16.1. The fraction of sp³-hybridized carbons (Fsp3) is 0.750. The molecule has 1 aromatic rings. The highest BCUT2D eigenvalue weighted by molar-refractivity contribution is 6.31. The minimum atomic E-state index is -4.76. The average Bonchev–Trinajstić information content (AvgIpc) is 1.14. The lowest BCUT2D eigenvalue weighted by Crippen LogP contribution is -2.66. The third-order valence-electron chi connectivity index (χ3n) is 22.8. The van der Waals surface area contributed by atoms with Crippen LogP contribution in [0.2, 0.25) is 5.02 Å². The molecule has 1 aromatic carbocycles. The van der Waals surface area contributed by atoms with E-state index in [4.69, 9.17) is 11.6 Å². The molecule has 556 valence electrons. The number of rotatable bonds is 11. The molecule has 10 atom stereocenters. The maximum absolute atomic E-state index is 16.0. The number of alkyl halides is 3. The Kier molecular flexibility index (Phi) is 26.6. The molecule has 28 heteroatoms. The van der Waals surface area contributed by atoms with Crippen LogP contribution in [0.5, 0.6) is 0 Å². The zero-order valence-corrected chi connectivity index (χ0v) is 61.2. The molecule has 8 rings (SSSR count). The number of nitrogens with zero attached hydrogens (tertiary/aromatic N) is 9. The van der Waals surface area contributed by atoms with Crippen molar-refractivity contribution in [3.05, 3.63) is 34.3 Å². The second kappa shape index (κ2) is 33.8. The van der Waals surface area contributed by atoms with Crippen LogP contribution in [0.1, 0.15) is 188 Å². The molecular formula is C72H108ClF3N12O12. The maximum Gasteiger partial charge on any atom is 0.417 e. The molecule has 0 radical (unpaired) electrons. The molecule has 4 aliphatic heterocycles. The summed E-state index contributed by atoms with van der Waals surface area (Å²) in [6.07, 6.45) is 3.89. The van der Waals surface area contributed by atoms with Gasteiger partial charge in [-0.25, -0.2) is 0 Å². The van der Waals surface area contributed by atoms with E-state index in [1.54, 1.807) is 18.7 Å². The van der Waals surface area contributed by atoms with Crippen LogP contribution in [0.15, 0.2) is 18.2 Å². The summed E-state index contributed by atoms with van der Waals surface area (Å²) in [7, 11) is 7.28. The number of hydrogen-bond acceptors (Lipinski definition) is 12. The monoisotopic (exact) mass is 1420 g/mol. The number of hydrogen-bond donors (Lipinski definition) is 3. The molecule has 12 amide bonds. The number of piperidine rings is 1. The van der Waals surface area contributed by atoms with Gasteiger partial charge in [0, 0.05) is 68.0 Å². The van der Waals surface area contributed by atoms with Crippen molar-refractivity contribution in [1.82, 2.24) is 60.0 Å². The molecule has 24 nitrogen and oxygen atoms in total. The zero-order chi connectivity index (χ0) is 73.4. The summed E-state index contributed by atoms with van der Waals surface area (Å²) in [6, 6.07) is -7.61. The first kappa shape index (κ1) is 78.7. The SMILES string of the molecule is CC[C@H](C)[C@@H]1NC(=O)[C@H](CC(C)C)N(C)C(=O)C[C@@H](C(=O)N2CCCCC2)N(CC)C(=O)[C@H](C2CCCC2)N(C)C(=O)C2(CCCC2)NC(=O)[C@@H]2CCCN2C(=O)[C@H](CCc2ccc(C(F)(F)F)c(Cl)c2)NC(=O)CN(C)C(=O)[C@H](C2CCC2)N(C)C(=O)[C@@H]2CCN2C(=O)[C@H](C)N(C)C1=O. The van der Waals surface area contributed by atoms with E-state index in [2.05, 4.69) is 16.0 Å². The van der Waals surface area contributed by atoms with Crippen LogP contribution in [0, 0.1) is 23.7 Å². The average molecular weight is 1430 g/mol. The Hall–Kier alpha value is -7.06. The molecule has 0 bridgehead atoms. The highest BCUT2D eigenvalue weighted by Gasteiger charge is 2.53. The Bertz CT molecular complexity index is 3190. The molecule has 7 aliphatic rings. The number of likely N-dealkylation sites (tertiary alicyclic amines) is 1. The quantitative estimate of drug-likeness (QED) is 0.238. The molecule has 3 N–H and O–H groups in total. The summed E-state index contributed by atoms with van der Waals surface area (Å²) in [4.78, 5) is 193. The summed E-state index contributed by atoms with van der Waals surface area (Å²) < 4.78 is 41.6. The zero-order valence-electron chi connectivity index (χ0n) is 60.5. The first-order chi connectivity index (χ1) is 47.3. The number of amides is 12. The van der Waals surface area contributed by atoms with Crippen LogP contribution in [0.25, 0.3) is 0 Å². The molecule has 4 heterocycles. The van der Waals surface area contributed by atoms with E-state index in [1.807, 2.05) is 20.8 Å². The Morgan fingerprint density at radius 3 is 1.82 bits per heavy atom. The number of carbonyl (C=O) groups excluding carboxylic acids is 12. The maximum atomic E-state index is 16.0. The van der Waals surface area contributed by atoms with Crippen molar-refractivity contribution in [2.45, 2.75) is 249 Å². The predicted octanol–water partition coefficient (Wildman–Crippen LogP) is 5.78. The summed E-state index contributed by atoms with van der Waals surface area (Å²) in [5.41, 5.74) is -2.33. The van der Waals surface area contributed by atoms with Crippen molar-refractivity contribution < 1.29 is 70.7 Å². The van der Waals surface area contributed by atoms with Gasteiger partial charge in [0.2, 0.25) is 70.9 Å². The van der Waals surface area contributed by atoms with Crippen molar-refractivity contribution in [3.8, 4) is 0 Å². The van der Waals surface area contributed by atoms with Crippen molar-refractivity contribution >= 4 is 82.5 Å². The van der Waals surface area contributed by atoms with Crippen LogP contribution in [-0.2, 0) is 70.1 Å². The fourth-order valence-corrected chi connectivity index (χ4v) is 16.4. The van der Waals surface area contributed by atoms with Crippen molar-refractivity contribution in [3.63, 3.8) is 0 Å². The second-order valence-corrected chi connectivity index (χ2v) is 30.2. The second-order valence-electron chi connectivity index (χ2n) is 29.8. The molecule has 1 spiro atoms. The first-order valence-corrected chi connectivity index (χ1v) is 36.9. The van der Waals surface area contributed by atoms with E-state index in [0.717, 1.165) is 42.7 Å². The minimum Gasteiger partial charge on any atom is -0.343 e. The van der Waals surface area contributed by atoms with Crippen LogP contribution in [-0.4, -0.2) is 249 Å². The van der Waals surface area contributed by atoms with Gasteiger partial charge in [-0.3, -0.25) is 57.5 Å². The molecule has 7 fully saturated rings. The summed E-state index contributed by atoms with van der Waals surface area (Å²) in [6.45, 7) is 10.9. The Morgan fingerprint density at radius 1 is 0.640 bits per heavy atom. The highest BCUT2D eigenvalue weighted by atomic mass is 35.5. The third-order valence-corrected chi connectivity index (χ3v) is 23.1. The van der Waals surface area contributed by atoms with Gasteiger partial charge in [0.05, 0.1) is 23.6 Å². The number of aryl methyl sites for hydroxylation is 1. The molecule has 100 heavy (non-hydrogen) atoms. The van der Waals surface area contributed by atoms with Crippen molar-refractivity contribution in [2.24, 2.45) is 23.7 Å². The van der Waals surface area contributed by atoms with Crippen LogP contribution < -0.4 is 16.0 Å². The molecule has 3 saturated carbocycles. The highest BCUT2D eigenvalue weighted by Crippen LogP contribution is 2.40. The first-order valence-electron chi connectivity index (χ1n) is 36.6. The standard InChI is InChI=1S/C72H108ClF3N12O12/c1-12-44(5)58-67(97)81(8)45(6)63(93)88-38-32-53(88)65(95)83(10)59(48-25-21-26-48)68(98)80(7)42-56(89)77-51(31-29-46-28-30-49(50(73)40-46)72(74,75)76)64(94)87-37-22-27-52(87)62(92)79-71(33-17-18-34-71)70(100)84(11)60(47-23-15-16-24-47)69(99)86(13-2)55(66(96)85-35-19-14-20-36-85)41-57(90)82(9)54(39-43(3)4)61(91)78-58/h28,30,40,43-45,47-48,51-55,58-60H,12-27,29,31-39,41-42H2,1-11H3,(H,77,89)(H,78,91)(H,79,92)/t44-,45-,51-,52-,53-,54-,55-,58-,59-,60-/m0/s1. The van der Waals surface area contributed by atoms with Crippen molar-refractivity contribution in [1.29, 1.82) is 0 Å². The van der Waals surface area contributed by atoms with Gasteiger partial charge in [-0.1, -0.05) is 83.9 Å². The number of fused-ring (bicyclic) bond motifs is 2. The van der Waals surface area contributed by atoms with E-state index in [1.165, 1.54) is 82.5 Å². The van der Waals surface area contributed by atoms with Gasteiger partial charge in [-0.2, -0.15) is 13.2 Å². The largest absolute Gasteiger partial charge is 0.417 e. The lowest BCUT2D eigenvalue weighted by Gasteiger charge is -2.46. The number of carbonyl (C=O) groups is 12. The van der Waals surface area contributed by atoms with Gasteiger partial charge in [0.1, 0.15) is 59.9 Å². The summed E-state index contributed by atoms with van der Waals surface area (Å²) in [5, 5.41) is 8.23. The van der Waals surface area contributed by atoms with Gasteiger partial charge in [0.25, 0.3) is 0 Å². The van der Waals surface area contributed by atoms with Crippen LogP contribution in [0.4, 0.5) is 13.2 Å². The van der Waals surface area contributed by atoms with E-state index in [9.17, 15) is 37.1 Å². The van der Waals surface area contributed by atoms with Crippen LogP contribution >= 0.6 is 11.6 Å². The lowest BCUT2D eigenvalue weighted by atomic mass is 9.78. The summed E-state index contributed by atoms with van der Waals surface area (Å²) >= 11 is 6.16. The van der Waals surface area contributed by atoms with E-state index >= 15 is 33.6 Å². The number of nitrogens with one attached hydrogen (secondary N) is 3. The van der Waals surface area contributed by atoms with Gasteiger partial charge in [-0.15, -0.1) is 0 Å². The third kappa shape index (κ3) is 17.5. The van der Waals surface area contributed by atoms with Crippen LogP contribution in [0.3, 0.4) is 0 Å². The number of benzene rings is 1. The Balaban J connectivity index is 1.18. The van der Waals surface area contributed by atoms with Gasteiger partial charge in [-0.05, 0) is 152 Å². The summed E-state index contributed by atoms with van der Waals surface area (Å²) in [5.74, 6) is -8.71. The lowest BCUT2D eigenvalue weighted by molar-refractivity contribution is -0.161. The van der Waals surface area contributed by atoms with Crippen molar-refractivity contribution in [2.75, 3.05) is 74.5 Å². The number of halogens is 4.